The number of aliphatic hydroxyl groups is 1. The second-order valence-electron chi connectivity index (χ2n) is 8.90. The molecule has 3 atom stereocenters. The van der Waals surface area contributed by atoms with E-state index in [1.54, 1.807) is 49.4 Å². The maximum atomic E-state index is 13.5. The topological polar surface area (TPSA) is 148 Å². The highest BCUT2D eigenvalue weighted by atomic mass is 32.2. The summed E-state index contributed by atoms with van der Waals surface area (Å²) < 4.78 is 67.0. The Balaban J connectivity index is 1.60. The zero-order chi connectivity index (χ0) is 29.7. The van der Waals surface area contributed by atoms with Crippen LogP contribution in [0.25, 0.3) is 11.2 Å². The van der Waals surface area contributed by atoms with E-state index < -0.39 is 52.5 Å². The Kier molecular flexibility index (Phi) is 7.58. The van der Waals surface area contributed by atoms with Gasteiger partial charge in [-0.05, 0) is 42.6 Å². The Morgan fingerprint density at radius 3 is 2.50 bits per heavy atom. The number of rotatable bonds is 12. The lowest BCUT2D eigenvalue weighted by molar-refractivity contribution is 0.0989. The van der Waals surface area contributed by atoms with Crippen LogP contribution in [0, 0.1) is 5.92 Å². The average molecular weight is 545 g/mol. The summed E-state index contributed by atoms with van der Waals surface area (Å²) in [6, 6.07) is 15.3. The standard InChI is InChI=1S/C27H31N3O7S/c1-19(15-28)16-30(38(33,34)21-10-6-3-7-11-21)17-24(31)23(14-20-8-4-2-5-9-20)29-27(32)37-25-18-36-26-22(25)12-13-35-26/h2-13,18-19,23-24,31H,14-17,28H2,1H3,(H,29,32)/t19?,23-,24+/m0/s1/i12D,13D,18D. The maximum absolute atomic E-state index is 13.5. The van der Waals surface area contributed by atoms with Crippen LogP contribution in [0.3, 0.4) is 0 Å². The number of aliphatic hydroxyl groups excluding tert-OH is 1. The van der Waals surface area contributed by atoms with Gasteiger partial charge in [-0.1, -0.05) is 55.5 Å². The van der Waals surface area contributed by atoms with Crippen molar-refractivity contribution in [3.63, 3.8) is 0 Å². The molecule has 202 valence electrons. The second-order valence-corrected chi connectivity index (χ2v) is 10.8. The van der Waals surface area contributed by atoms with Crippen LogP contribution in [0.4, 0.5) is 4.79 Å². The van der Waals surface area contributed by atoms with Crippen LogP contribution in [-0.4, -0.2) is 55.7 Å². The molecule has 0 spiro atoms. The molecule has 0 saturated carbocycles. The fourth-order valence-corrected chi connectivity index (χ4v) is 5.46. The first-order valence-electron chi connectivity index (χ1n) is 13.5. The highest BCUT2D eigenvalue weighted by molar-refractivity contribution is 7.89. The first-order chi connectivity index (χ1) is 19.5. The summed E-state index contributed by atoms with van der Waals surface area (Å²) >= 11 is 0. The van der Waals surface area contributed by atoms with Gasteiger partial charge in [-0.2, -0.15) is 4.31 Å². The van der Waals surface area contributed by atoms with Gasteiger partial charge >= 0.3 is 11.9 Å². The third-order valence-electron chi connectivity index (χ3n) is 5.94. The normalized spacial score (nSPS) is 15.4. The molecular weight excluding hydrogens is 510 g/mol. The molecule has 2 aromatic carbocycles. The summed E-state index contributed by atoms with van der Waals surface area (Å²) in [6.45, 7) is 1.68. The van der Waals surface area contributed by atoms with Gasteiger partial charge < -0.3 is 29.7 Å². The van der Waals surface area contributed by atoms with Crippen molar-refractivity contribution in [3.05, 3.63) is 84.7 Å². The summed E-state index contributed by atoms with van der Waals surface area (Å²) in [4.78, 5) is 13.1. The number of nitrogens with one attached hydrogen (secondary N) is 1. The van der Waals surface area contributed by atoms with Crippen molar-refractivity contribution in [2.75, 3.05) is 19.6 Å². The fraction of sp³-hybridized carbons (Fsp3) is 0.296. The quantitative estimate of drug-likeness (QED) is 0.246. The number of furan rings is 2. The van der Waals surface area contributed by atoms with Gasteiger partial charge in [0.15, 0.2) is 5.75 Å². The van der Waals surface area contributed by atoms with Gasteiger partial charge in [0.1, 0.15) is 14.4 Å². The molecule has 0 aliphatic heterocycles. The molecule has 4 rings (SSSR count). The first kappa shape index (κ1) is 23.5. The molecule has 11 heteroatoms. The van der Waals surface area contributed by atoms with Crippen LogP contribution < -0.4 is 15.8 Å². The van der Waals surface area contributed by atoms with Crippen molar-refractivity contribution in [1.29, 1.82) is 0 Å². The van der Waals surface area contributed by atoms with Crippen LogP contribution in [0.5, 0.6) is 5.75 Å². The minimum atomic E-state index is -4.02. The number of carbonyl (C=O) groups excluding carboxylic acids is 1. The lowest BCUT2D eigenvalue weighted by atomic mass is 10.0. The van der Waals surface area contributed by atoms with Crippen LogP contribution in [-0.2, 0) is 16.4 Å². The van der Waals surface area contributed by atoms with Crippen LogP contribution in [0.2, 0.25) is 0 Å². The van der Waals surface area contributed by atoms with Crippen molar-refractivity contribution in [2.24, 2.45) is 11.7 Å². The highest BCUT2D eigenvalue weighted by Gasteiger charge is 2.32. The largest absolute Gasteiger partial charge is 0.433 e. The smallest absolute Gasteiger partial charge is 0.413 e. The molecule has 0 saturated heterocycles. The number of benzene rings is 2. The number of nitrogens with two attached hydrogens (primary N) is 1. The number of ether oxygens (including phenoxy) is 1. The Bertz CT molecular complexity index is 1580. The predicted molar refractivity (Wildman–Crippen MR) is 141 cm³/mol. The van der Waals surface area contributed by atoms with Crippen LogP contribution in [0.15, 0.2) is 92.9 Å². The van der Waals surface area contributed by atoms with E-state index in [4.69, 9.17) is 23.4 Å². The summed E-state index contributed by atoms with van der Waals surface area (Å²) in [5.41, 5.74) is 6.53. The van der Waals surface area contributed by atoms with Gasteiger partial charge in [-0.25, -0.2) is 13.2 Å². The van der Waals surface area contributed by atoms with Crippen molar-refractivity contribution in [2.45, 2.75) is 30.4 Å². The Labute approximate surface area is 225 Å². The molecule has 4 N–H and O–H groups in total. The van der Waals surface area contributed by atoms with Gasteiger partial charge in [0.05, 0.1) is 24.7 Å². The average Bonchev–Trinajstić information content (AvgIpc) is 3.40. The molecule has 0 fully saturated rings. The van der Waals surface area contributed by atoms with Crippen molar-refractivity contribution in [1.82, 2.24) is 9.62 Å². The van der Waals surface area contributed by atoms with E-state index in [0.29, 0.717) is 0 Å². The van der Waals surface area contributed by atoms with E-state index >= 15 is 0 Å². The molecule has 0 radical (unpaired) electrons. The Morgan fingerprint density at radius 2 is 1.82 bits per heavy atom. The zero-order valence-corrected chi connectivity index (χ0v) is 21.5. The summed E-state index contributed by atoms with van der Waals surface area (Å²) in [5.74, 6) is -0.937. The highest BCUT2D eigenvalue weighted by Crippen LogP contribution is 2.28. The van der Waals surface area contributed by atoms with Crippen molar-refractivity contribution in [3.8, 4) is 5.75 Å². The number of carbonyl (C=O) groups is 1. The SMILES string of the molecule is [2H]c1oc2oc([2H])c(OC(=O)N[C@@H](Cc3ccccc3)[C@H](O)CN(CC(C)CN)S(=O)(=O)c3ccccc3)c2c1[2H]. The van der Waals surface area contributed by atoms with Crippen LogP contribution in [0.1, 0.15) is 16.6 Å². The van der Waals surface area contributed by atoms with E-state index in [1.165, 1.54) is 12.1 Å². The number of hydrogen-bond donors (Lipinski definition) is 3. The van der Waals surface area contributed by atoms with Gasteiger partial charge in [-0.15, -0.1) is 0 Å². The first-order valence-corrected chi connectivity index (χ1v) is 13.4. The molecule has 4 aromatic rings. The monoisotopic (exact) mass is 544 g/mol. The predicted octanol–water partition coefficient (Wildman–Crippen LogP) is 3.37. The molecule has 0 aliphatic carbocycles. The minimum Gasteiger partial charge on any atom is -0.433 e. The summed E-state index contributed by atoms with van der Waals surface area (Å²) in [6.07, 6.45) is -3.47. The number of amides is 1. The van der Waals surface area contributed by atoms with Gasteiger partial charge in [0.25, 0.3) is 0 Å². The molecule has 1 unspecified atom stereocenters. The van der Waals surface area contributed by atoms with E-state index in [1.807, 2.05) is 6.07 Å². The van der Waals surface area contributed by atoms with E-state index in [-0.39, 0.29) is 48.0 Å². The summed E-state index contributed by atoms with van der Waals surface area (Å²) in [5, 5.41) is 13.8. The van der Waals surface area contributed by atoms with Crippen molar-refractivity contribution < 1.29 is 36.0 Å². The Hall–Kier alpha value is -3.64. The maximum Gasteiger partial charge on any atom is 0.413 e. The molecule has 1 amide bonds. The molecule has 0 aliphatic rings. The number of nitrogens with zero attached hydrogens (tertiary/aromatic N) is 1. The lowest BCUT2D eigenvalue weighted by Crippen LogP contribution is -2.52. The zero-order valence-electron chi connectivity index (χ0n) is 23.7. The third-order valence-corrected chi connectivity index (χ3v) is 7.78. The molecular formula is C27H31N3O7S. The second kappa shape index (κ2) is 12.3. The van der Waals surface area contributed by atoms with Gasteiger partial charge in [0.2, 0.25) is 10.0 Å². The molecule has 2 aromatic heterocycles. The number of sulfonamides is 1. The third kappa shape index (κ3) is 6.62. The number of fused-ring (bicyclic) bond motifs is 1. The molecule has 38 heavy (non-hydrogen) atoms. The van der Waals surface area contributed by atoms with Gasteiger partial charge in [-0.3, -0.25) is 0 Å². The van der Waals surface area contributed by atoms with Crippen molar-refractivity contribution >= 4 is 27.3 Å². The number of hydrogen-bond acceptors (Lipinski definition) is 8. The molecule has 0 bridgehead atoms. The fourth-order valence-electron chi connectivity index (χ4n) is 3.86. The van der Waals surface area contributed by atoms with E-state index in [9.17, 15) is 18.3 Å². The molecule has 10 nitrogen and oxygen atoms in total. The van der Waals surface area contributed by atoms with E-state index in [0.717, 1.165) is 9.87 Å². The van der Waals surface area contributed by atoms with E-state index in [2.05, 4.69) is 5.32 Å². The van der Waals surface area contributed by atoms with Crippen LogP contribution >= 0.6 is 0 Å². The minimum absolute atomic E-state index is 0.0325. The molecule has 2 heterocycles. The summed E-state index contributed by atoms with van der Waals surface area (Å²) in [7, 11) is -4.02. The Morgan fingerprint density at radius 1 is 1.13 bits per heavy atom. The van der Waals surface area contributed by atoms with Gasteiger partial charge in [0, 0.05) is 13.1 Å². The lowest BCUT2D eigenvalue weighted by Gasteiger charge is -2.31.